The van der Waals surface area contributed by atoms with Crippen molar-refractivity contribution in [2.24, 2.45) is 0 Å². The molecule has 1 saturated heterocycles. The molecule has 1 aromatic carbocycles. The Bertz CT molecular complexity index is 877. The smallest absolute Gasteiger partial charge is 0.409 e. The van der Waals surface area contributed by atoms with E-state index in [1.54, 1.807) is 25.9 Å². The molecule has 2 heterocycles. The second-order valence-electron chi connectivity index (χ2n) is 6.48. The number of para-hydroxylation sites is 2. The van der Waals surface area contributed by atoms with Crippen LogP contribution in [0.15, 0.2) is 29.1 Å². The number of carbonyl (C=O) groups is 2. The standard InChI is InChI=1S/C19H26N4O4/c1-3-22-15-7-5-6-8-16(15)23(18(22)25)10-9-17(24)20-11-13-21(14-12-20)19(26)27-4-2/h5-8H,3-4,9-14H2,1-2H3. The number of carbonyl (C=O) groups excluding carboxylic acids is 2. The monoisotopic (exact) mass is 374 g/mol. The molecule has 0 radical (unpaired) electrons. The van der Waals surface area contributed by atoms with Crippen LogP contribution in [0.5, 0.6) is 0 Å². The largest absolute Gasteiger partial charge is 0.450 e. The first-order valence-corrected chi connectivity index (χ1v) is 9.44. The molecule has 8 nitrogen and oxygen atoms in total. The molecule has 1 aliphatic rings. The maximum atomic E-state index is 12.6. The number of fused-ring (bicyclic) bond motifs is 1. The number of aryl methyl sites for hydroxylation is 2. The number of nitrogens with zero attached hydrogens (tertiary/aromatic N) is 4. The van der Waals surface area contributed by atoms with Crippen molar-refractivity contribution >= 4 is 23.0 Å². The summed E-state index contributed by atoms with van der Waals surface area (Å²) < 4.78 is 8.38. The zero-order chi connectivity index (χ0) is 19.4. The van der Waals surface area contributed by atoms with Gasteiger partial charge in [0.25, 0.3) is 0 Å². The fraction of sp³-hybridized carbons (Fsp3) is 0.526. The fourth-order valence-corrected chi connectivity index (χ4v) is 3.51. The number of piperazine rings is 1. The van der Waals surface area contributed by atoms with Gasteiger partial charge in [0.05, 0.1) is 17.6 Å². The number of benzene rings is 1. The predicted molar refractivity (Wildman–Crippen MR) is 102 cm³/mol. The lowest BCUT2D eigenvalue weighted by atomic mass is 10.2. The number of amides is 2. The Morgan fingerprint density at radius 1 is 0.963 bits per heavy atom. The van der Waals surface area contributed by atoms with Gasteiger partial charge in [0.15, 0.2) is 0 Å². The van der Waals surface area contributed by atoms with Crippen LogP contribution in [0.2, 0.25) is 0 Å². The second kappa shape index (κ2) is 8.28. The molecule has 3 rings (SSSR count). The van der Waals surface area contributed by atoms with Gasteiger partial charge < -0.3 is 14.5 Å². The maximum Gasteiger partial charge on any atom is 0.409 e. The Hall–Kier alpha value is -2.77. The second-order valence-corrected chi connectivity index (χ2v) is 6.48. The lowest BCUT2D eigenvalue weighted by molar-refractivity contribution is -0.133. The van der Waals surface area contributed by atoms with Gasteiger partial charge in [0.1, 0.15) is 0 Å². The molecular formula is C19H26N4O4. The summed E-state index contributed by atoms with van der Waals surface area (Å²) in [5.41, 5.74) is 1.66. The molecule has 2 aromatic rings. The van der Waals surface area contributed by atoms with Gasteiger partial charge in [-0.05, 0) is 26.0 Å². The van der Waals surface area contributed by atoms with E-state index >= 15 is 0 Å². The first-order chi connectivity index (χ1) is 13.1. The lowest BCUT2D eigenvalue weighted by Gasteiger charge is -2.34. The van der Waals surface area contributed by atoms with Crippen LogP contribution < -0.4 is 5.69 Å². The van der Waals surface area contributed by atoms with E-state index in [0.717, 1.165) is 11.0 Å². The summed E-state index contributed by atoms with van der Waals surface area (Å²) in [7, 11) is 0. The molecule has 8 heteroatoms. The van der Waals surface area contributed by atoms with Crippen LogP contribution >= 0.6 is 0 Å². The average molecular weight is 374 g/mol. The highest BCUT2D eigenvalue weighted by Gasteiger charge is 2.25. The number of rotatable bonds is 5. The van der Waals surface area contributed by atoms with Crippen molar-refractivity contribution < 1.29 is 14.3 Å². The highest BCUT2D eigenvalue weighted by atomic mass is 16.6. The molecular weight excluding hydrogens is 348 g/mol. The normalized spacial score (nSPS) is 14.6. The summed E-state index contributed by atoms with van der Waals surface area (Å²) in [5.74, 6) is -0.00117. The highest BCUT2D eigenvalue weighted by Crippen LogP contribution is 2.14. The third-order valence-corrected chi connectivity index (χ3v) is 4.95. The van der Waals surface area contributed by atoms with Gasteiger partial charge in [0, 0.05) is 45.7 Å². The first kappa shape index (κ1) is 19.0. The predicted octanol–water partition coefficient (Wildman–Crippen LogP) is 1.51. The number of hydrogen-bond donors (Lipinski definition) is 0. The summed E-state index contributed by atoms with van der Waals surface area (Å²) in [6, 6.07) is 7.64. The van der Waals surface area contributed by atoms with E-state index in [2.05, 4.69) is 0 Å². The molecule has 0 atom stereocenters. The Labute approximate surface area is 157 Å². The fourth-order valence-electron chi connectivity index (χ4n) is 3.51. The quantitative estimate of drug-likeness (QED) is 0.795. The van der Waals surface area contributed by atoms with Gasteiger partial charge in [-0.2, -0.15) is 0 Å². The summed E-state index contributed by atoms with van der Waals surface area (Å²) in [5, 5.41) is 0. The van der Waals surface area contributed by atoms with E-state index < -0.39 is 0 Å². The summed E-state index contributed by atoms with van der Waals surface area (Å²) >= 11 is 0. The molecule has 1 aliphatic heterocycles. The molecule has 1 aromatic heterocycles. The van der Waals surface area contributed by atoms with Crippen molar-refractivity contribution in [1.29, 1.82) is 0 Å². The first-order valence-electron chi connectivity index (χ1n) is 9.44. The third-order valence-electron chi connectivity index (χ3n) is 4.95. The molecule has 0 N–H and O–H groups in total. The van der Waals surface area contributed by atoms with Crippen LogP contribution in [-0.2, 0) is 22.6 Å². The minimum absolute atomic E-state index is 0.00117. The molecule has 0 spiro atoms. The SMILES string of the molecule is CCOC(=O)N1CCN(C(=O)CCn2c(=O)n(CC)c3ccccc32)CC1. The Morgan fingerprint density at radius 3 is 2.15 bits per heavy atom. The van der Waals surface area contributed by atoms with E-state index in [1.807, 2.05) is 31.2 Å². The van der Waals surface area contributed by atoms with Gasteiger partial charge in [-0.3, -0.25) is 13.9 Å². The van der Waals surface area contributed by atoms with Gasteiger partial charge >= 0.3 is 11.8 Å². The van der Waals surface area contributed by atoms with Crippen LogP contribution in [0.1, 0.15) is 20.3 Å². The van der Waals surface area contributed by atoms with Gasteiger partial charge in [-0.15, -0.1) is 0 Å². The van der Waals surface area contributed by atoms with Crippen molar-refractivity contribution in [2.75, 3.05) is 32.8 Å². The molecule has 0 bridgehead atoms. The number of hydrogen-bond acceptors (Lipinski definition) is 4. The topological polar surface area (TPSA) is 76.8 Å². The van der Waals surface area contributed by atoms with Crippen LogP contribution in [-0.4, -0.2) is 63.7 Å². The molecule has 0 aliphatic carbocycles. The van der Waals surface area contributed by atoms with Crippen LogP contribution in [0.25, 0.3) is 11.0 Å². The van der Waals surface area contributed by atoms with Crippen molar-refractivity contribution in [3.8, 4) is 0 Å². The van der Waals surface area contributed by atoms with E-state index in [9.17, 15) is 14.4 Å². The van der Waals surface area contributed by atoms with Gasteiger partial charge in [-0.1, -0.05) is 12.1 Å². The van der Waals surface area contributed by atoms with Gasteiger partial charge in [-0.25, -0.2) is 9.59 Å². The molecule has 1 fully saturated rings. The van der Waals surface area contributed by atoms with E-state index in [4.69, 9.17) is 4.74 Å². The van der Waals surface area contributed by atoms with Crippen LogP contribution in [0, 0.1) is 0 Å². The zero-order valence-corrected chi connectivity index (χ0v) is 15.9. The van der Waals surface area contributed by atoms with E-state index in [1.165, 1.54) is 0 Å². The molecule has 2 amide bonds. The van der Waals surface area contributed by atoms with Crippen molar-refractivity contribution in [3.05, 3.63) is 34.7 Å². The van der Waals surface area contributed by atoms with Crippen LogP contribution in [0.3, 0.4) is 0 Å². The number of ether oxygens (including phenoxy) is 1. The number of aromatic nitrogens is 2. The molecule has 27 heavy (non-hydrogen) atoms. The Kier molecular flexibility index (Phi) is 5.83. The van der Waals surface area contributed by atoms with E-state index in [0.29, 0.717) is 45.9 Å². The number of imidazole rings is 1. The third kappa shape index (κ3) is 3.84. The molecule has 0 unspecified atom stereocenters. The van der Waals surface area contributed by atoms with Crippen molar-refractivity contribution in [3.63, 3.8) is 0 Å². The highest BCUT2D eigenvalue weighted by molar-refractivity contribution is 5.78. The van der Waals surface area contributed by atoms with Crippen LogP contribution in [0.4, 0.5) is 4.79 Å². The van der Waals surface area contributed by atoms with E-state index in [-0.39, 0.29) is 24.1 Å². The summed E-state index contributed by atoms with van der Waals surface area (Å²) in [6.45, 7) is 6.92. The van der Waals surface area contributed by atoms with Crippen molar-refractivity contribution in [1.82, 2.24) is 18.9 Å². The van der Waals surface area contributed by atoms with Gasteiger partial charge in [0.2, 0.25) is 5.91 Å². The Morgan fingerprint density at radius 2 is 1.56 bits per heavy atom. The summed E-state index contributed by atoms with van der Waals surface area (Å²) in [6.07, 6.45) is -0.0691. The summed E-state index contributed by atoms with van der Waals surface area (Å²) in [4.78, 5) is 40.3. The molecule has 0 saturated carbocycles. The average Bonchev–Trinajstić information content (AvgIpc) is 2.97. The van der Waals surface area contributed by atoms with Crippen molar-refractivity contribution in [2.45, 2.75) is 33.4 Å². The minimum Gasteiger partial charge on any atom is -0.450 e. The zero-order valence-electron chi connectivity index (χ0n) is 15.9. The lowest BCUT2D eigenvalue weighted by Crippen LogP contribution is -2.50. The minimum atomic E-state index is -0.330. The maximum absolute atomic E-state index is 12.6. The molecule has 146 valence electrons. The Balaban J connectivity index is 1.62.